The summed E-state index contributed by atoms with van der Waals surface area (Å²) in [5.41, 5.74) is 2.01. The molecule has 4 N–H and O–H groups in total. The third kappa shape index (κ3) is 6.72. The molecule has 3 rings (SSSR count). The Balaban J connectivity index is 1.57. The monoisotopic (exact) mass is 456 g/mol. The van der Waals surface area contributed by atoms with E-state index in [2.05, 4.69) is 21.3 Å². The van der Waals surface area contributed by atoms with E-state index in [9.17, 15) is 14.4 Å². The zero-order chi connectivity index (χ0) is 22.9. The first kappa shape index (κ1) is 23.6. The fourth-order valence-corrected chi connectivity index (χ4v) is 3.91. The summed E-state index contributed by atoms with van der Waals surface area (Å²) in [7, 11) is 0. The fourth-order valence-electron chi connectivity index (χ4n) is 3.71. The summed E-state index contributed by atoms with van der Waals surface area (Å²) in [5, 5.41) is 11.9. The molecule has 0 aliphatic heterocycles. The molecule has 0 saturated heterocycles. The minimum absolute atomic E-state index is 0.00504. The average molecular weight is 457 g/mol. The summed E-state index contributed by atoms with van der Waals surface area (Å²) in [4.78, 5) is 37.0. The number of rotatable bonds is 8. The van der Waals surface area contributed by atoms with Crippen molar-refractivity contribution in [3.63, 3.8) is 0 Å². The molecule has 8 heteroatoms. The lowest BCUT2D eigenvalue weighted by Crippen LogP contribution is -2.36. The van der Waals surface area contributed by atoms with Crippen LogP contribution in [-0.4, -0.2) is 36.9 Å². The Hall–Kier alpha value is -3.06. The quantitative estimate of drug-likeness (QED) is 0.478. The van der Waals surface area contributed by atoms with Crippen molar-refractivity contribution in [2.45, 2.75) is 45.1 Å². The normalized spacial score (nSPS) is 13.8. The van der Waals surface area contributed by atoms with E-state index in [0.29, 0.717) is 34.1 Å². The summed E-state index contributed by atoms with van der Waals surface area (Å²) < 4.78 is 0. The Morgan fingerprint density at radius 3 is 2.50 bits per heavy atom. The second-order valence-electron chi connectivity index (χ2n) is 7.85. The summed E-state index contributed by atoms with van der Waals surface area (Å²) in [5.74, 6) is -0.673. The van der Waals surface area contributed by atoms with Gasteiger partial charge in [-0.05, 0) is 56.2 Å². The molecular weight excluding hydrogens is 428 g/mol. The van der Waals surface area contributed by atoms with Gasteiger partial charge in [0.1, 0.15) is 0 Å². The van der Waals surface area contributed by atoms with E-state index in [1.807, 2.05) is 6.92 Å². The topological polar surface area (TPSA) is 99.3 Å². The van der Waals surface area contributed by atoms with Crippen LogP contribution < -0.4 is 21.3 Å². The molecule has 32 heavy (non-hydrogen) atoms. The van der Waals surface area contributed by atoms with Crippen molar-refractivity contribution in [3.8, 4) is 0 Å². The van der Waals surface area contributed by atoms with Gasteiger partial charge in [0.25, 0.3) is 11.8 Å². The van der Waals surface area contributed by atoms with E-state index >= 15 is 0 Å². The maximum atomic E-state index is 12.7. The molecule has 1 aliphatic rings. The summed E-state index contributed by atoms with van der Waals surface area (Å²) >= 11 is 6.23. The third-order valence-corrected chi connectivity index (χ3v) is 5.68. The van der Waals surface area contributed by atoms with Crippen LogP contribution in [0.25, 0.3) is 0 Å². The number of amides is 3. The number of anilines is 2. The standard InChI is InChI=1S/C24H29ClN4O3/c1-2-26-23(31)16-7-6-10-18(13-16)27-15-22(30)28-19-11-12-21(25)20(14-19)24(32)29-17-8-4-3-5-9-17/h6-7,10-14,17,27H,2-5,8-9,15H2,1H3,(H,26,31)(H,28,30)(H,29,32). The SMILES string of the molecule is CCNC(=O)c1cccc(NCC(=O)Nc2ccc(Cl)c(C(=O)NC3CCCCC3)c2)c1. The summed E-state index contributed by atoms with van der Waals surface area (Å²) in [6.07, 6.45) is 5.40. The molecular formula is C24H29ClN4O3. The van der Waals surface area contributed by atoms with Gasteiger partial charge in [0.05, 0.1) is 17.1 Å². The van der Waals surface area contributed by atoms with Crippen molar-refractivity contribution in [1.82, 2.24) is 10.6 Å². The van der Waals surface area contributed by atoms with Gasteiger partial charge < -0.3 is 21.3 Å². The van der Waals surface area contributed by atoms with Crippen molar-refractivity contribution >= 4 is 40.7 Å². The van der Waals surface area contributed by atoms with Gasteiger partial charge in [-0.2, -0.15) is 0 Å². The highest BCUT2D eigenvalue weighted by Gasteiger charge is 2.19. The maximum Gasteiger partial charge on any atom is 0.253 e. The van der Waals surface area contributed by atoms with Crippen LogP contribution in [0.1, 0.15) is 59.7 Å². The van der Waals surface area contributed by atoms with Gasteiger partial charge in [-0.3, -0.25) is 14.4 Å². The first-order chi connectivity index (χ1) is 15.5. The molecule has 1 saturated carbocycles. The van der Waals surface area contributed by atoms with E-state index in [1.54, 1.807) is 42.5 Å². The molecule has 1 fully saturated rings. The van der Waals surface area contributed by atoms with Crippen molar-refractivity contribution in [3.05, 3.63) is 58.6 Å². The highest BCUT2D eigenvalue weighted by Crippen LogP contribution is 2.23. The molecule has 0 aromatic heterocycles. The lowest BCUT2D eigenvalue weighted by atomic mass is 9.95. The van der Waals surface area contributed by atoms with Gasteiger partial charge >= 0.3 is 0 Å². The maximum absolute atomic E-state index is 12.7. The van der Waals surface area contributed by atoms with Gasteiger partial charge in [0, 0.05) is 29.5 Å². The van der Waals surface area contributed by atoms with Crippen molar-refractivity contribution in [1.29, 1.82) is 0 Å². The highest BCUT2D eigenvalue weighted by atomic mass is 35.5. The van der Waals surface area contributed by atoms with Gasteiger partial charge in [0.2, 0.25) is 5.91 Å². The van der Waals surface area contributed by atoms with E-state index in [4.69, 9.17) is 11.6 Å². The van der Waals surface area contributed by atoms with E-state index in [0.717, 1.165) is 25.7 Å². The van der Waals surface area contributed by atoms with Gasteiger partial charge in [-0.25, -0.2) is 0 Å². The molecule has 7 nitrogen and oxygen atoms in total. The smallest absolute Gasteiger partial charge is 0.253 e. The first-order valence-corrected chi connectivity index (χ1v) is 11.4. The van der Waals surface area contributed by atoms with Crippen molar-refractivity contribution in [2.24, 2.45) is 0 Å². The number of halogens is 1. The van der Waals surface area contributed by atoms with Crippen molar-refractivity contribution in [2.75, 3.05) is 23.7 Å². The summed E-state index contributed by atoms with van der Waals surface area (Å²) in [6, 6.07) is 12.0. The fraction of sp³-hybridized carbons (Fsp3) is 0.375. The number of carbonyl (C=O) groups excluding carboxylic acids is 3. The van der Waals surface area contributed by atoms with Crippen LogP contribution in [-0.2, 0) is 4.79 Å². The predicted octanol–water partition coefficient (Wildman–Crippen LogP) is 4.20. The largest absolute Gasteiger partial charge is 0.376 e. The number of nitrogens with one attached hydrogen (secondary N) is 4. The molecule has 0 heterocycles. The number of carbonyl (C=O) groups is 3. The average Bonchev–Trinajstić information content (AvgIpc) is 2.80. The molecule has 0 unspecified atom stereocenters. The summed E-state index contributed by atoms with van der Waals surface area (Å²) in [6.45, 7) is 2.40. The van der Waals surface area contributed by atoms with E-state index in [-0.39, 0.29) is 30.3 Å². The van der Waals surface area contributed by atoms with E-state index in [1.165, 1.54) is 6.42 Å². The van der Waals surface area contributed by atoms with Crippen LogP contribution >= 0.6 is 11.6 Å². The zero-order valence-electron chi connectivity index (χ0n) is 18.2. The zero-order valence-corrected chi connectivity index (χ0v) is 18.9. The molecule has 3 amide bonds. The molecule has 0 atom stereocenters. The number of hydrogen-bond acceptors (Lipinski definition) is 4. The number of hydrogen-bond donors (Lipinski definition) is 4. The van der Waals surface area contributed by atoms with E-state index < -0.39 is 0 Å². The Bertz CT molecular complexity index is 973. The van der Waals surface area contributed by atoms with Crippen LogP contribution in [0.5, 0.6) is 0 Å². The Morgan fingerprint density at radius 1 is 0.969 bits per heavy atom. The lowest BCUT2D eigenvalue weighted by Gasteiger charge is -2.23. The van der Waals surface area contributed by atoms with Crippen molar-refractivity contribution < 1.29 is 14.4 Å². The van der Waals surface area contributed by atoms with Crippen LogP contribution in [0.15, 0.2) is 42.5 Å². The number of benzene rings is 2. The van der Waals surface area contributed by atoms with Crippen LogP contribution in [0.2, 0.25) is 5.02 Å². The molecule has 1 aliphatic carbocycles. The molecule has 0 spiro atoms. The molecule has 0 bridgehead atoms. The first-order valence-electron chi connectivity index (χ1n) is 11.0. The second kappa shape index (κ2) is 11.5. The Morgan fingerprint density at radius 2 is 1.75 bits per heavy atom. The minimum atomic E-state index is -0.283. The van der Waals surface area contributed by atoms with Crippen LogP contribution in [0, 0.1) is 0 Å². The second-order valence-corrected chi connectivity index (χ2v) is 8.25. The highest BCUT2D eigenvalue weighted by molar-refractivity contribution is 6.34. The van der Waals surface area contributed by atoms with Gasteiger partial charge in [0.15, 0.2) is 0 Å². The molecule has 170 valence electrons. The predicted molar refractivity (Wildman–Crippen MR) is 127 cm³/mol. The van der Waals surface area contributed by atoms with Gasteiger partial charge in [-0.1, -0.05) is 36.9 Å². The van der Waals surface area contributed by atoms with Crippen LogP contribution in [0.4, 0.5) is 11.4 Å². The molecule has 2 aromatic rings. The van der Waals surface area contributed by atoms with Gasteiger partial charge in [-0.15, -0.1) is 0 Å². The third-order valence-electron chi connectivity index (χ3n) is 5.35. The molecule has 2 aromatic carbocycles. The molecule has 0 radical (unpaired) electrons. The Kier molecular flexibility index (Phi) is 8.50. The minimum Gasteiger partial charge on any atom is -0.376 e. The van der Waals surface area contributed by atoms with Crippen LogP contribution in [0.3, 0.4) is 0 Å². The Labute approximate surface area is 193 Å². The lowest BCUT2D eigenvalue weighted by molar-refractivity contribution is -0.114.